The Hall–Kier alpha value is -1.32. The van der Waals surface area contributed by atoms with Crippen LogP contribution in [0.3, 0.4) is 0 Å². The van der Waals surface area contributed by atoms with Gasteiger partial charge in [0.25, 0.3) is 0 Å². The summed E-state index contributed by atoms with van der Waals surface area (Å²) in [6.45, 7) is 0. The van der Waals surface area contributed by atoms with E-state index in [1.54, 1.807) is 7.11 Å². The van der Waals surface area contributed by atoms with E-state index in [1.807, 2.05) is 24.3 Å². The third-order valence-electron chi connectivity index (χ3n) is 2.39. The molecule has 0 spiro atoms. The van der Waals surface area contributed by atoms with Crippen LogP contribution >= 0.6 is 0 Å². The van der Waals surface area contributed by atoms with Gasteiger partial charge in [-0.3, -0.25) is 0 Å². The Morgan fingerprint density at radius 1 is 1.44 bits per heavy atom. The van der Waals surface area contributed by atoms with E-state index in [0.717, 1.165) is 11.3 Å². The van der Waals surface area contributed by atoms with Crippen molar-refractivity contribution >= 4 is 26.7 Å². The quantitative estimate of drug-likeness (QED) is 0.809. The molecule has 0 saturated carbocycles. The summed E-state index contributed by atoms with van der Waals surface area (Å²) in [5, 5.41) is 2.64. The summed E-state index contributed by atoms with van der Waals surface area (Å²) in [7, 11) is 1.63. The Morgan fingerprint density at radius 2 is 2.12 bits per heavy atom. The molecule has 1 heterocycles. The zero-order valence-corrected chi connectivity index (χ0v) is 10.5. The maximum atomic E-state index is 11.4. The third kappa shape index (κ3) is 2.43. The van der Waals surface area contributed by atoms with E-state index in [0.29, 0.717) is 11.2 Å². The fourth-order valence-corrected chi connectivity index (χ4v) is 2.02. The van der Waals surface area contributed by atoms with Crippen molar-refractivity contribution in [2.75, 3.05) is 7.11 Å². The predicted molar refractivity (Wildman–Crippen MR) is 61.8 cm³/mol. The van der Waals surface area contributed by atoms with Gasteiger partial charge in [0.1, 0.15) is 0 Å². The Kier molecular flexibility index (Phi) is 3.27. The minimum absolute atomic E-state index is 0.0513. The van der Waals surface area contributed by atoms with Gasteiger partial charge in [0.2, 0.25) is 0 Å². The van der Waals surface area contributed by atoms with Crippen LogP contribution in [0, 0.1) is 0 Å². The number of nitrogens with zero attached hydrogens (tertiary/aromatic N) is 1. The fourth-order valence-electron chi connectivity index (χ4n) is 1.54. The minimum atomic E-state index is -0.315. The van der Waals surface area contributed by atoms with Crippen LogP contribution < -0.4 is 10.1 Å². The number of ether oxygens (including phenoxy) is 1. The first kappa shape index (κ1) is 11.2. The summed E-state index contributed by atoms with van der Waals surface area (Å²) in [6, 6.07) is 7.33. The second-order valence-electron chi connectivity index (χ2n) is 3.49. The number of nitrogens with one attached hydrogen (secondary N) is 1. The van der Waals surface area contributed by atoms with Crippen molar-refractivity contribution in [1.29, 1.82) is 0 Å². The maximum absolute atomic E-state index is 11.4. The molecule has 16 heavy (non-hydrogen) atoms. The molecule has 1 aromatic carbocycles. The molecular formula is C11H11N2O2Se. The number of amidine groups is 1. The summed E-state index contributed by atoms with van der Waals surface area (Å²) >= 11 is 2.70. The molecule has 0 aliphatic carbocycles. The molecule has 0 aromatic heterocycles. The van der Waals surface area contributed by atoms with E-state index in [4.69, 9.17) is 4.74 Å². The summed E-state index contributed by atoms with van der Waals surface area (Å²) < 4.78 is 5.64. The first-order chi connectivity index (χ1) is 7.69. The molecule has 1 aliphatic heterocycles. The van der Waals surface area contributed by atoms with Crippen LogP contribution in [0.1, 0.15) is 5.56 Å². The monoisotopic (exact) mass is 283 g/mol. The van der Waals surface area contributed by atoms with Crippen molar-refractivity contribution in [2.45, 2.75) is 12.5 Å². The van der Waals surface area contributed by atoms with Gasteiger partial charge in [-0.15, -0.1) is 0 Å². The van der Waals surface area contributed by atoms with Crippen molar-refractivity contribution in [3.8, 4) is 5.75 Å². The first-order valence-electron chi connectivity index (χ1n) is 4.87. The molecule has 4 nitrogen and oxygen atoms in total. The molecule has 5 heteroatoms. The van der Waals surface area contributed by atoms with Crippen molar-refractivity contribution in [3.63, 3.8) is 0 Å². The fraction of sp³-hybridized carbons (Fsp3) is 0.273. The number of hydrogen-bond donors (Lipinski definition) is 1. The summed E-state index contributed by atoms with van der Waals surface area (Å²) in [5.41, 5.74) is 1.07. The Labute approximate surface area is 102 Å². The van der Waals surface area contributed by atoms with Crippen LogP contribution in [0.25, 0.3) is 0 Å². The van der Waals surface area contributed by atoms with Crippen LogP contribution in [-0.2, 0) is 11.2 Å². The first-order valence-corrected chi connectivity index (χ1v) is 5.73. The van der Waals surface area contributed by atoms with Crippen LogP contribution in [0.15, 0.2) is 29.3 Å². The van der Waals surface area contributed by atoms with Crippen molar-refractivity contribution in [1.82, 2.24) is 5.32 Å². The average Bonchev–Trinajstić information content (AvgIpc) is 2.59. The molecule has 0 fully saturated rings. The van der Waals surface area contributed by atoms with Crippen molar-refractivity contribution < 1.29 is 9.53 Å². The Bertz CT molecular complexity index is 428. The van der Waals surface area contributed by atoms with E-state index in [9.17, 15) is 4.79 Å². The van der Waals surface area contributed by atoms with Gasteiger partial charge < -0.3 is 0 Å². The summed E-state index contributed by atoms with van der Waals surface area (Å²) in [5.74, 6) is 0.761. The molecule has 0 bridgehead atoms. The van der Waals surface area contributed by atoms with Gasteiger partial charge in [-0.2, -0.15) is 0 Å². The number of amides is 1. The SMILES string of the molecule is COc1ccc(CC2N=C([Se])NC2=O)cc1. The van der Waals surface area contributed by atoms with Gasteiger partial charge in [-0.1, -0.05) is 0 Å². The van der Waals surface area contributed by atoms with Crippen LogP contribution in [0.5, 0.6) is 5.75 Å². The van der Waals surface area contributed by atoms with Gasteiger partial charge in [-0.05, 0) is 0 Å². The van der Waals surface area contributed by atoms with Gasteiger partial charge in [0.05, 0.1) is 0 Å². The van der Waals surface area contributed by atoms with Gasteiger partial charge in [-0.25, -0.2) is 0 Å². The molecule has 2 rings (SSSR count). The standard InChI is InChI=1S/C11H11N2O2Se/c1-15-8-4-2-7(3-5-8)6-9-10(14)13-11(16)12-9/h2-5,9H,6H2,1H3,(H,12,13,14). The number of benzene rings is 1. The molecule has 0 saturated heterocycles. The molecule has 1 aliphatic rings. The number of methoxy groups -OCH3 is 1. The number of aliphatic imine (C=N–C) groups is 1. The Morgan fingerprint density at radius 3 is 2.62 bits per heavy atom. The van der Waals surface area contributed by atoms with E-state index in [2.05, 4.69) is 26.3 Å². The molecule has 1 radical (unpaired) electrons. The normalized spacial score (nSPS) is 19.2. The van der Waals surface area contributed by atoms with Crippen molar-refractivity contribution in [2.24, 2.45) is 4.99 Å². The van der Waals surface area contributed by atoms with E-state index in [1.165, 1.54) is 0 Å². The van der Waals surface area contributed by atoms with E-state index in [-0.39, 0.29) is 11.9 Å². The number of carbonyl (C=O) groups excluding carboxylic acids is 1. The number of hydrogen-bond acceptors (Lipinski definition) is 3. The second-order valence-corrected chi connectivity index (χ2v) is 4.30. The predicted octanol–water partition coefficient (Wildman–Crippen LogP) is 0.261. The molecule has 1 amide bonds. The topological polar surface area (TPSA) is 50.7 Å². The molecule has 1 atom stereocenters. The average molecular weight is 282 g/mol. The molecule has 1 aromatic rings. The number of rotatable bonds is 3. The number of carbonyl (C=O) groups is 1. The Balaban J connectivity index is 2.06. The van der Waals surface area contributed by atoms with Crippen LogP contribution in [0.2, 0.25) is 0 Å². The van der Waals surface area contributed by atoms with Crippen LogP contribution in [0.4, 0.5) is 0 Å². The molecular weight excluding hydrogens is 271 g/mol. The molecule has 1 N–H and O–H groups in total. The van der Waals surface area contributed by atoms with Gasteiger partial charge >= 0.3 is 102 Å². The van der Waals surface area contributed by atoms with Gasteiger partial charge in [0.15, 0.2) is 0 Å². The van der Waals surface area contributed by atoms with Crippen molar-refractivity contribution in [3.05, 3.63) is 29.8 Å². The van der Waals surface area contributed by atoms with E-state index >= 15 is 0 Å². The summed E-state index contributed by atoms with van der Waals surface area (Å²) in [6.07, 6.45) is 0.612. The van der Waals surface area contributed by atoms with E-state index < -0.39 is 0 Å². The zero-order chi connectivity index (χ0) is 11.5. The zero-order valence-electron chi connectivity index (χ0n) is 8.77. The summed E-state index contributed by atoms with van der Waals surface area (Å²) in [4.78, 5) is 15.6. The second kappa shape index (κ2) is 4.68. The van der Waals surface area contributed by atoms with Crippen LogP contribution in [-0.4, -0.2) is 39.8 Å². The molecule has 83 valence electrons. The van der Waals surface area contributed by atoms with Gasteiger partial charge in [0, 0.05) is 0 Å². The third-order valence-corrected chi connectivity index (χ3v) is 2.83. The molecule has 1 unspecified atom stereocenters.